The molecule has 0 amide bonds. The molecule has 1 heterocycles. The van der Waals surface area contributed by atoms with Crippen LogP contribution in [0.15, 0.2) is 73.3 Å². The fourth-order valence-electron chi connectivity index (χ4n) is 4.43. The Morgan fingerprint density at radius 1 is 1.08 bits per heavy atom. The van der Waals surface area contributed by atoms with Crippen molar-refractivity contribution in [2.24, 2.45) is 0 Å². The maximum Gasteiger partial charge on any atom is 0.129 e. The summed E-state index contributed by atoms with van der Waals surface area (Å²) in [7, 11) is 2.19. The van der Waals surface area contributed by atoms with E-state index in [1.165, 1.54) is 58.3 Å². The zero-order chi connectivity index (χ0) is 28.8. The highest BCUT2D eigenvalue weighted by Crippen LogP contribution is 2.32. The molecule has 39 heavy (non-hydrogen) atoms. The minimum atomic E-state index is 0.255. The van der Waals surface area contributed by atoms with E-state index >= 15 is 0 Å². The van der Waals surface area contributed by atoms with Crippen LogP contribution in [0.25, 0.3) is 11.1 Å². The van der Waals surface area contributed by atoms with Gasteiger partial charge in [-0.2, -0.15) is 0 Å². The number of carbonyl (C=O) groups is 1. The van der Waals surface area contributed by atoms with Gasteiger partial charge in [0.15, 0.2) is 0 Å². The van der Waals surface area contributed by atoms with Crippen molar-refractivity contribution in [3.8, 4) is 11.1 Å². The van der Waals surface area contributed by atoms with E-state index in [0.717, 1.165) is 25.2 Å². The molecule has 0 spiro atoms. The highest BCUT2D eigenvalue weighted by Gasteiger charge is 2.16. The van der Waals surface area contributed by atoms with Crippen molar-refractivity contribution in [1.82, 2.24) is 4.90 Å². The Kier molecular flexibility index (Phi) is 13.7. The molecule has 0 fully saturated rings. The smallest absolute Gasteiger partial charge is 0.129 e. The van der Waals surface area contributed by atoms with Crippen LogP contribution in [0.5, 0.6) is 0 Å². The SMILES string of the molecule is C=CCCCC.CCC(C)=O.Cc1ccc(Nc2cccc3c2CCN(C)C3)cc1-c1ccc(C(C)C)cc1. The summed E-state index contributed by atoms with van der Waals surface area (Å²) < 4.78 is 0. The summed E-state index contributed by atoms with van der Waals surface area (Å²) in [4.78, 5) is 12.2. The Morgan fingerprint density at radius 2 is 1.77 bits per heavy atom. The van der Waals surface area contributed by atoms with Crippen molar-refractivity contribution in [2.45, 2.75) is 86.1 Å². The van der Waals surface area contributed by atoms with Gasteiger partial charge in [0.25, 0.3) is 0 Å². The van der Waals surface area contributed by atoms with E-state index in [0.29, 0.717) is 12.3 Å². The number of benzene rings is 3. The number of Topliss-reactive ketones (excluding diaryl/α,β-unsaturated/α-hetero) is 1. The Bertz CT molecular complexity index is 1180. The van der Waals surface area contributed by atoms with Gasteiger partial charge in [0, 0.05) is 30.9 Å². The number of hydrogen-bond acceptors (Lipinski definition) is 3. The Hall–Kier alpha value is -3.17. The molecular weight excluding hydrogens is 476 g/mol. The quantitative estimate of drug-likeness (QED) is 0.234. The molecule has 1 aliphatic rings. The summed E-state index contributed by atoms with van der Waals surface area (Å²) in [6, 6.07) is 22.3. The van der Waals surface area contributed by atoms with Crippen molar-refractivity contribution in [1.29, 1.82) is 0 Å². The third-order valence-corrected chi connectivity index (χ3v) is 7.12. The molecule has 3 heteroatoms. The average molecular weight is 527 g/mol. The number of carbonyl (C=O) groups excluding carboxylic acids is 1. The van der Waals surface area contributed by atoms with Crippen LogP contribution in [0.4, 0.5) is 11.4 Å². The first-order valence-corrected chi connectivity index (χ1v) is 14.6. The lowest BCUT2D eigenvalue weighted by molar-refractivity contribution is -0.116. The van der Waals surface area contributed by atoms with Gasteiger partial charge in [0.2, 0.25) is 0 Å². The molecule has 1 aliphatic heterocycles. The van der Waals surface area contributed by atoms with Crippen LogP contribution in [0.2, 0.25) is 0 Å². The molecule has 210 valence electrons. The Morgan fingerprint density at radius 3 is 2.33 bits per heavy atom. The van der Waals surface area contributed by atoms with Gasteiger partial charge >= 0.3 is 0 Å². The second kappa shape index (κ2) is 16.7. The highest BCUT2D eigenvalue weighted by molar-refractivity contribution is 5.75. The van der Waals surface area contributed by atoms with Crippen molar-refractivity contribution < 1.29 is 4.79 Å². The maximum absolute atomic E-state index is 9.81. The third-order valence-electron chi connectivity index (χ3n) is 7.12. The second-order valence-electron chi connectivity index (χ2n) is 10.8. The first-order chi connectivity index (χ1) is 18.7. The molecule has 1 N–H and O–H groups in total. The first kappa shape index (κ1) is 32.0. The number of nitrogens with zero attached hydrogens (tertiary/aromatic N) is 1. The van der Waals surface area contributed by atoms with Gasteiger partial charge < -0.3 is 15.0 Å². The molecule has 0 saturated heterocycles. The predicted molar refractivity (Wildman–Crippen MR) is 171 cm³/mol. The summed E-state index contributed by atoms with van der Waals surface area (Å²) in [6.07, 6.45) is 7.49. The number of hydrogen-bond donors (Lipinski definition) is 1. The largest absolute Gasteiger partial charge is 0.355 e. The van der Waals surface area contributed by atoms with Crippen LogP contribution in [0, 0.1) is 6.92 Å². The molecule has 0 unspecified atom stereocenters. The van der Waals surface area contributed by atoms with Gasteiger partial charge in [-0.3, -0.25) is 0 Å². The lowest BCUT2D eigenvalue weighted by atomic mass is 9.95. The topological polar surface area (TPSA) is 32.3 Å². The number of ketones is 1. The molecule has 3 nitrogen and oxygen atoms in total. The van der Waals surface area contributed by atoms with E-state index in [-0.39, 0.29) is 5.78 Å². The average Bonchev–Trinajstić information content (AvgIpc) is 2.93. The number of unbranched alkanes of at least 4 members (excludes halogenated alkanes) is 2. The van der Waals surface area contributed by atoms with Gasteiger partial charge in [0.1, 0.15) is 5.78 Å². The highest BCUT2D eigenvalue weighted by atomic mass is 16.1. The molecule has 3 aromatic carbocycles. The molecular formula is C36H50N2O. The van der Waals surface area contributed by atoms with Gasteiger partial charge in [-0.25, -0.2) is 0 Å². The van der Waals surface area contributed by atoms with E-state index in [1.807, 2.05) is 13.0 Å². The predicted octanol–water partition coefficient (Wildman–Crippen LogP) is 9.86. The summed E-state index contributed by atoms with van der Waals surface area (Å²) in [5, 5.41) is 3.70. The van der Waals surface area contributed by atoms with Gasteiger partial charge in [-0.05, 0) is 91.2 Å². The molecule has 0 aliphatic carbocycles. The molecule has 0 aromatic heterocycles. The first-order valence-electron chi connectivity index (χ1n) is 14.6. The lowest BCUT2D eigenvalue weighted by Gasteiger charge is -2.27. The third kappa shape index (κ3) is 10.5. The van der Waals surface area contributed by atoms with E-state index in [1.54, 1.807) is 6.92 Å². The van der Waals surface area contributed by atoms with Gasteiger partial charge in [-0.1, -0.05) is 89.1 Å². The van der Waals surface area contributed by atoms with Gasteiger partial charge in [0.05, 0.1) is 0 Å². The van der Waals surface area contributed by atoms with Crippen LogP contribution in [-0.2, 0) is 17.8 Å². The zero-order valence-electron chi connectivity index (χ0n) is 25.4. The summed E-state index contributed by atoms with van der Waals surface area (Å²) in [5.74, 6) is 0.816. The number of fused-ring (bicyclic) bond motifs is 1. The molecule has 0 saturated carbocycles. The molecule has 0 atom stereocenters. The standard InChI is InChI=1S/C26H30N2.C6H12.C4H8O/c1-18(2)20-9-11-21(12-10-20)25-16-23(13-8-19(25)3)27-26-7-5-6-22-17-28(4)15-14-24(22)26;1-3-5-6-4-2;1-3-4(2)5/h5-13,16,18,27H,14-15,17H2,1-4H3;3H,1,4-6H2,2H3;3H2,1-2H3. The fourth-order valence-corrected chi connectivity index (χ4v) is 4.43. The summed E-state index contributed by atoms with van der Waals surface area (Å²) >= 11 is 0. The van der Waals surface area contributed by atoms with E-state index < -0.39 is 0 Å². The van der Waals surface area contributed by atoms with Crippen LogP contribution >= 0.6 is 0 Å². The number of allylic oxidation sites excluding steroid dienone is 1. The molecule has 0 bridgehead atoms. The Balaban J connectivity index is 0.000000412. The van der Waals surface area contributed by atoms with Crippen LogP contribution in [0.3, 0.4) is 0 Å². The lowest BCUT2D eigenvalue weighted by Crippen LogP contribution is -2.26. The van der Waals surface area contributed by atoms with Crippen LogP contribution < -0.4 is 5.32 Å². The number of nitrogens with one attached hydrogen (secondary N) is 1. The van der Waals surface area contributed by atoms with E-state index in [2.05, 4.69) is 112 Å². The van der Waals surface area contributed by atoms with Crippen molar-refractivity contribution in [3.63, 3.8) is 0 Å². The number of rotatable bonds is 8. The Labute approximate surface area is 238 Å². The molecule has 3 aromatic rings. The van der Waals surface area contributed by atoms with E-state index in [9.17, 15) is 4.79 Å². The monoisotopic (exact) mass is 526 g/mol. The minimum Gasteiger partial charge on any atom is -0.355 e. The maximum atomic E-state index is 9.81. The summed E-state index contributed by atoms with van der Waals surface area (Å²) in [6.45, 7) is 18.0. The van der Waals surface area contributed by atoms with E-state index in [4.69, 9.17) is 0 Å². The second-order valence-corrected chi connectivity index (χ2v) is 10.8. The number of aryl methyl sites for hydroxylation is 1. The normalized spacial score (nSPS) is 12.4. The van der Waals surface area contributed by atoms with Crippen molar-refractivity contribution in [3.05, 3.63) is 95.6 Å². The van der Waals surface area contributed by atoms with Crippen LogP contribution in [-0.4, -0.2) is 24.3 Å². The summed E-state index contributed by atoms with van der Waals surface area (Å²) in [5.41, 5.74) is 10.6. The number of likely N-dealkylation sites (N-methyl/N-ethyl adjacent to an activating group) is 1. The molecule has 4 rings (SSSR count). The van der Waals surface area contributed by atoms with Crippen molar-refractivity contribution in [2.75, 3.05) is 18.9 Å². The van der Waals surface area contributed by atoms with Crippen LogP contribution in [0.1, 0.15) is 88.5 Å². The number of anilines is 2. The fraction of sp³-hybridized carbons (Fsp3) is 0.417. The molecule has 0 radical (unpaired) electrons. The zero-order valence-corrected chi connectivity index (χ0v) is 25.4. The minimum absolute atomic E-state index is 0.255. The van der Waals surface area contributed by atoms with Gasteiger partial charge in [-0.15, -0.1) is 6.58 Å². The van der Waals surface area contributed by atoms with Crippen molar-refractivity contribution >= 4 is 17.2 Å².